The number of hydrogen-bond acceptors (Lipinski definition) is 3. The summed E-state index contributed by atoms with van der Waals surface area (Å²) in [4.78, 5) is 12.4. The molecule has 3 N–H and O–H groups in total. The summed E-state index contributed by atoms with van der Waals surface area (Å²) in [6, 6.07) is 9.15. The van der Waals surface area contributed by atoms with Gasteiger partial charge in [0.25, 0.3) is 0 Å². The molecule has 1 aromatic heterocycles. The Morgan fingerprint density at radius 1 is 1.24 bits per heavy atom. The molecule has 0 bridgehead atoms. The van der Waals surface area contributed by atoms with E-state index in [1.54, 1.807) is 31.3 Å². The van der Waals surface area contributed by atoms with Crippen LogP contribution in [-0.4, -0.2) is 15.7 Å². The molecule has 1 atom stereocenters. The Morgan fingerprint density at radius 2 is 1.96 bits per heavy atom. The lowest BCUT2D eigenvalue weighted by molar-refractivity contribution is -0.137. The zero-order chi connectivity index (χ0) is 18.2. The fourth-order valence-electron chi connectivity index (χ4n) is 2.55. The minimum atomic E-state index is -4.56. The van der Waals surface area contributed by atoms with Gasteiger partial charge in [-0.3, -0.25) is 9.48 Å². The van der Waals surface area contributed by atoms with Crippen molar-refractivity contribution in [3.63, 3.8) is 0 Å². The molecule has 3 aromatic rings. The van der Waals surface area contributed by atoms with E-state index in [0.29, 0.717) is 11.2 Å². The monoisotopic (exact) mass is 348 g/mol. The van der Waals surface area contributed by atoms with Gasteiger partial charge in [0.2, 0.25) is 5.91 Å². The van der Waals surface area contributed by atoms with Gasteiger partial charge < -0.3 is 11.1 Å². The molecular formula is C17H15F3N4O. The number of nitrogens with zero attached hydrogens (tertiary/aromatic N) is 2. The number of nitrogens with one attached hydrogen (secondary N) is 1. The summed E-state index contributed by atoms with van der Waals surface area (Å²) in [6.07, 6.45) is -2.98. The highest BCUT2D eigenvalue weighted by Gasteiger charge is 2.34. The maximum atomic E-state index is 13.0. The number of hydrogen-bond donors (Lipinski definition) is 2. The van der Waals surface area contributed by atoms with Crippen LogP contribution in [0, 0.1) is 0 Å². The summed E-state index contributed by atoms with van der Waals surface area (Å²) < 4.78 is 40.6. The second-order valence-electron chi connectivity index (χ2n) is 5.62. The highest BCUT2D eigenvalue weighted by molar-refractivity contribution is 5.95. The molecule has 1 amide bonds. The van der Waals surface area contributed by atoms with Crippen molar-refractivity contribution in [2.24, 2.45) is 0 Å². The van der Waals surface area contributed by atoms with E-state index >= 15 is 0 Å². The fourth-order valence-corrected chi connectivity index (χ4v) is 2.55. The first-order chi connectivity index (χ1) is 11.8. The zero-order valence-corrected chi connectivity index (χ0v) is 13.2. The van der Waals surface area contributed by atoms with Crippen molar-refractivity contribution < 1.29 is 18.0 Å². The van der Waals surface area contributed by atoms with Crippen LogP contribution in [0.5, 0.6) is 0 Å². The van der Waals surface area contributed by atoms with Crippen LogP contribution in [0.4, 0.5) is 24.5 Å². The number of carbonyl (C=O) groups excluding carboxylic acids is 1. The van der Waals surface area contributed by atoms with Gasteiger partial charge in [-0.1, -0.05) is 12.1 Å². The van der Waals surface area contributed by atoms with Crippen LogP contribution < -0.4 is 11.1 Å². The van der Waals surface area contributed by atoms with Gasteiger partial charge in [0, 0.05) is 11.1 Å². The third-order valence-electron chi connectivity index (χ3n) is 3.86. The number of anilines is 2. The number of benzene rings is 2. The van der Waals surface area contributed by atoms with Crippen LogP contribution in [0.15, 0.2) is 48.7 Å². The van der Waals surface area contributed by atoms with Crippen LogP contribution in [-0.2, 0) is 11.0 Å². The molecule has 0 aliphatic carbocycles. The molecule has 0 fully saturated rings. The number of rotatable bonds is 3. The van der Waals surface area contributed by atoms with Gasteiger partial charge in [-0.05, 0) is 37.3 Å². The van der Waals surface area contributed by atoms with E-state index in [1.165, 1.54) is 22.9 Å². The maximum Gasteiger partial charge on any atom is 0.418 e. The van der Waals surface area contributed by atoms with Gasteiger partial charge in [0.15, 0.2) is 0 Å². The van der Waals surface area contributed by atoms with Gasteiger partial charge >= 0.3 is 6.18 Å². The van der Waals surface area contributed by atoms with Crippen LogP contribution >= 0.6 is 0 Å². The molecule has 3 rings (SSSR count). The Labute approximate surface area is 141 Å². The summed E-state index contributed by atoms with van der Waals surface area (Å²) in [5.74, 6) is -0.607. The summed E-state index contributed by atoms with van der Waals surface area (Å²) in [6.45, 7) is 1.56. The molecule has 5 nitrogen and oxygen atoms in total. The van der Waals surface area contributed by atoms with Crippen LogP contribution in [0.3, 0.4) is 0 Å². The van der Waals surface area contributed by atoms with E-state index in [1.807, 2.05) is 0 Å². The van der Waals surface area contributed by atoms with E-state index in [4.69, 9.17) is 5.73 Å². The molecule has 0 saturated heterocycles. The quantitative estimate of drug-likeness (QED) is 0.707. The van der Waals surface area contributed by atoms with Crippen molar-refractivity contribution in [2.75, 3.05) is 11.1 Å². The molecule has 0 aliphatic rings. The average molecular weight is 348 g/mol. The van der Waals surface area contributed by atoms with Gasteiger partial charge in [-0.25, -0.2) is 0 Å². The first-order valence-electron chi connectivity index (χ1n) is 7.47. The number of aromatic nitrogens is 2. The van der Waals surface area contributed by atoms with E-state index in [-0.39, 0.29) is 5.69 Å². The lowest BCUT2D eigenvalue weighted by atomic mass is 10.1. The minimum Gasteiger partial charge on any atom is -0.399 e. The number of carbonyl (C=O) groups is 1. The topological polar surface area (TPSA) is 72.9 Å². The number of para-hydroxylation sites is 1. The third-order valence-corrected chi connectivity index (χ3v) is 3.86. The fraction of sp³-hybridized carbons (Fsp3) is 0.176. The molecular weight excluding hydrogens is 333 g/mol. The SMILES string of the molecule is CC(C(=O)Nc1ccccc1C(F)(F)F)n1ncc2ccc(N)cc21. The van der Waals surface area contributed by atoms with Crippen molar-refractivity contribution in [1.29, 1.82) is 0 Å². The highest BCUT2D eigenvalue weighted by Crippen LogP contribution is 2.35. The number of fused-ring (bicyclic) bond motifs is 1. The second-order valence-corrected chi connectivity index (χ2v) is 5.62. The van der Waals surface area contributed by atoms with Crippen LogP contribution in [0.1, 0.15) is 18.5 Å². The predicted octanol–water partition coefficient (Wildman–Crippen LogP) is 3.84. The van der Waals surface area contributed by atoms with Crippen molar-refractivity contribution in [3.8, 4) is 0 Å². The predicted molar refractivity (Wildman–Crippen MR) is 88.9 cm³/mol. The Morgan fingerprint density at radius 3 is 2.68 bits per heavy atom. The number of nitrogen functional groups attached to an aromatic ring is 1. The Bertz CT molecular complexity index is 933. The molecule has 8 heteroatoms. The number of halogens is 3. The minimum absolute atomic E-state index is 0.289. The summed E-state index contributed by atoms with van der Waals surface area (Å²) >= 11 is 0. The molecule has 130 valence electrons. The molecule has 25 heavy (non-hydrogen) atoms. The summed E-state index contributed by atoms with van der Waals surface area (Å²) in [5, 5.41) is 7.26. The zero-order valence-electron chi connectivity index (χ0n) is 13.2. The van der Waals surface area contributed by atoms with Crippen molar-refractivity contribution >= 4 is 28.2 Å². The molecule has 0 aliphatic heterocycles. The van der Waals surface area contributed by atoms with E-state index in [0.717, 1.165) is 11.5 Å². The van der Waals surface area contributed by atoms with Crippen LogP contribution in [0.2, 0.25) is 0 Å². The van der Waals surface area contributed by atoms with Crippen LogP contribution in [0.25, 0.3) is 10.9 Å². The van der Waals surface area contributed by atoms with Gasteiger partial charge in [-0.2, -0.15) is 18.3 Å². The normalized spacial score (nSPS) is 13.0. The van der Waals surface area contributed by atoms with Crippen molar-refractivity contribution in [3.05, 3.63) is 54.2 Å². The van der Waals surface area contributed by atoms with E-state index in [9.17, 15) is 18.0 Å². The molecule has 0 saturated carbocycles. The Kier molecular flexibility index (Phi) is 4.12. The second kappa shape index (κ2) is 6.12. The van der Waals surface area contributed by atoms with Gasteiger partial charge in [0.1, 0.15) is 6.04 Å². The molecule has 1 unspecified atom stereocenters. The maximum absolute atomic E-state index is 13.0. The van der Waals surface area contributed by atoms with E-state index in [2.05, 4.69) is 10.4 Å². The standard InChI is InChI=1S/C17H15F3N4O/c1-10(24-15-8-12(21)7-6-11(15)9-22-24)16(25)23-14-5-3-2-4-13(14)17(18,19)20/h2-10H,21H2,1H3,(H,23,25). The van der Waals surface area contributed by atoms with Gasteiger partial charge in [-0.15, -0.1) is 0 Å². The molecule has 2 aromatic carbocycles. The van der Waals surface area contributed by atoms with Crippen molar-refractivity contribution in [1.82, 2.24) is 9.78 Å². The Hall–Kier alpha value is -3.03. The Balaban J connectivity index is 1.90. The molecule has 1 heterocycles. The summed E-state index contributed by atoms with van der Waals surface area (Å²) in [5.41, 5.74) is 5.70. The van der Waals surface area contributed by atoms with Crippen molar-refractivity contribution in [2.45, 2.75) is 19.1 Å². The van der Waals surface area contributed by atoms with E-state index < -0.39 is 23.7 Å². The summed E-state index contributed by atoms with van der Waals surface area (Å²) in [7, 11) is 0. The third kappa shape index (κ3) is 3.28. The molecule has 0 radical (unpaired) electrons. The smallest absolute Gasteiger partial charge is 0.399 e. The van der Waals surface area contributed by atoms with Gasteiger partial charge in [0.05, 0.1) is 23.0 Å². The molecule has 0 spiro atoms. The lowest BCUT2D eigenvalue weighted by Crippen LogP contribution is -2.25. The first-order valence-corrected chi connectivity index (χ1v) is 7.47. The average Bonchev–Trinajstić information content (AvgIpc) is 2.96. The number of amides is 1. The number of nitrogens with two attached hydrogens (primary N) is 1. The lowest BCUT2D eigenvalue weighted by Gasteiger charge is -2.17. The first kappa shape index (κ1) is 16.8. The highest BCUT2D eigenvalue weighted by atomic mass is 19.4. The largest absolute Gasteiger partial charge is 0.418 e. The number of alkyl halides is 3.